The molecule has 7 nitrogen and oxygen atoms in total. The van der Waals surface area contributed by atoms with Gasteiger partial charge < -0.3 is 9.73 Å². The number of imide groups is 1. The maximum Gasteiger partial charge on any atom is 0.344 e. The Bertz CT molecular complexity index is 1130. The SMILES string of the molecule is CC[C@]1(c2ccccc2)NC(=O)N(NC(=O)c2ccc(-c3ccccc3F)o2)C1=O. The molecule has 0 unspecified atom stereocenters. The smallest absolute Gasteiger partial charge is 0.344 e. The minimum Gasteiger partial charge on any atom is -0.451 e. The van der Waals surface area contributed by atoms with Gasteiger partial charge in [-0.1, -0.05) is 49.4 Å². The van der Waals surface area contributed by atoms with Gasteiger partial charge in [0.2, 0.25) is 0 Å². The molecule has 1 fully saturated rings. The van der Waals surface area contributed by atoms with Crippen LogP contribution in [-0.4, -0.2) is 22.9 Å². The molecule has 2 heterocycles. The lowest BCUT2D eigenvalue weighted by molar-refractivity contribution is -0.133. The van der Waals surface area contributed by atoms with Gasteiger partial charge >= 0.3 is 11.9 Å². The zero-order chi connectivity index (χ0) is 21.3. The summed E-state index contributed by atoms with van der Waals surface area (Å²) in [6.45, 7) is 1.77. The number of carbonyl (C=O) groups excluding carboxylic acids is 3. The molecule has 1 atom stereocenters. The van der Waals surface area contributed by atoms with Gasteiger partial charge in [-0.3, -0.25) is 9.59 Å². The van der Waals surface area contributed by atoms with E-state index in [0.29, 0.717) is 17.0 Å². The fourth-order valence-corrected chi connectivity index (χ4v) is 3.46. The van der Waals surface area contributed by atoms with Crippen LogP contribution in [0.5, 0.6) is 0 Å². The standard InChI is InChI=1S/C22H18FN3O4/c1-2-22(14-8-4-3-5-9-14)20(28)26(21(29)24-22)25-19(27)18-13-12-17(30-18)15-10-6-7-11-16(15)23/h3-13H,2H2,1H3,(H,24,29)(H,25,27)/t22-/m1/s1. The van der Waals surface area contributed by atoms with E-state index in [-0.39, 0.29) is 17.1 Å². The molecule has 152 valence electrons. The Morgan fingerprint density at radius 2 is 1.77 bits per heavy atom. The van der Waals surface area contributed by atoms with E-state index in [1.807, 2.05) is 0 Å². The summed E-state index contributed by atoms with van der Waals surface area (Å²) in [5, 5.41) is 3.31. The van der Waals surface area contributed by atoms with Gasteiger partial charge in [-0.15, -0.1) is 0 Å². The summed E-state index contributed by atoms with van der Waals surface area (Å²) in [4.78, 5) is 38.1. The van der Waals surface area contributed by atoms with E-state index in [4.69, 9.17) is 4.42 Å². The number of nitrogens with zero attached hydrogens (tertiary/aromatic N) is 1. The quantitative estimate of drug-likeness (QED) is 0.633. The second-order valence-electron chi connectivity index (χ2n) is 6.78. The monoisotopic (exact) mass is 407 g/mol. The van der Waals surface area contributed by atoms with Crippen LogP contribution in [-0.2, 0) is 10.3 Å². The number of urea groups is 1. The number of hydrogen-bond donors (Lipinski definition) is 2. The van der Waals surface area contributed by atoms with Gasteiger partial charge in [-0.25, -0.2) is 14.6 Å². The number of furan rings is 1. The third-order valence-electron chi connectivity index (χ3n) is 5.07. The Balaban J connectivity index is 1.56. The number of hydrazine groups is 1. The molecule has 0 aliphatic carbocycles. The highest BCUT2D eigenvalue weighted by molar-refractivity contribution is 6.09. The lowest BCUT2D eigenvalue weighted by Crippen LogP contribution is -2.48. The minimum atomic E-state index is -1.27. The zero-order valence-corrected chi connectivity index (χ0v) is 16.0. The highest BCUT2D eigenvalue weighted by atomic mass is 19.1. The largest absolute Gasteiger partial charge is 0.451 e. The van der Waals surface area contributed by atoms with Crippen LogP contribution in [0.1, 0.15) is 29.5 Å². The van der Waals surface area contributed by atoms with Gasteiger partial charge in [0.15, 0.2) is 5.76 Å². The number of nitrogens with one attached hydrogen (secondary N) is 2. The lowest BCUT2D eigenvalue weighted by Gasteiger charge is -2.25. The lowest BCUT2D eigenvalue weighted by atomic mass is 9.87. The Morgan fingerprint density at radius 1 is 1.07 bits per heavy atom. The summed E-state index contributed by atoms with van der Waals surface area (Å²) >= 11 is 0. The van der Waals surface area contributed by atoms with Crippen molar-refractivity contribution in [2.75, 3.05) is 0 Å². The van der Waals surface area contributed by atoms with Crippen LogP contribution >= 0.6 is 0 Å². The minimum absolute atomic E-state index is 0.155. The van der Waals surface area contributed by atoms with Gasteiger partial charge in [0.05, 0.1) is 5.56 Å². The molecule has 1 saturated heterocycles. The summed E-state index contributed by atoms with van der Waals surface area (Å²) in [5.41, 5.74) is 1.82. The van der Waals surface area contributed by atoms with Crippen LogP contribution in [0.3, 0.4) is 0 Å². The molecule has 30 heavy (non-hydrogen) atoms. The number of rotatable bonds is 5. The maximum absolute atomic E-state index is 13.9. The molecule has 0 radical (unpaired) electrons. The summed E-state index contributed by atoms with van der Waals surface area (Å²) in [6, 6.07) is 16.8. The van der Waals surface area contributed by atoms with Gasteiger partial charge in [0, 0.05) is 0 Å². The van der Waals surface area contributed by atoms with Crippen LogP contribution in [0.25, 0.3) is 11.3 Å². The van der Waals surface area contributed by atoms with Crippen molar-refractivity contribution in [1.82, 2.24) is 15.8 Å². The first-order valence-corrected chi connectivity index (χ1v) is 9.34. The number of amides is 4. The molecular weight excluding hydrogens is 389 g/mol. The topological polar surface area (TPSA) is 91.7 Å². The van der Waals surface area contributed by atoms with E-state index < -0.39 is 29.2 Å². The van der Waals surface area contributed by atoms with Gasteiger partial charge in [0.1, 0.15) is 17.1 Å². The van der Waals surface area contributed by atoms with E-state index in [1.165, 1.54) is 24.3 Å². The zero-order valence-electron chi connectivity index (χ0n) is 16.0. The summed E-state index contributed by atoms with van der Waals surface area (Å²) in [6.07, 6.45) is 0.298. The van der Waals surface area contributed by atoms with Gasteiger partial charge in [-0.05, 0) is 36.2 Å². The molecule has 0 spiro atoms. The van der Waals surface area contributed by atoms with Crippen LogP contribution in [0.15, 0.2) is 71.1 Å². The van der Waals surface area contributed by atoms with Gasteiger partial charge in [0.25, 0.3) is 5.91 Å². The molecule has 2 N–H and O–H groups in total. The molecule has 0 bridgehead atoms. The maximum atomic E-state index is 13.9. The third kappa shape index (κ3) is 3.12. The summed E-state index contributed by atoms with van der Waals surface area (Å²) < 4.78 is 19.4. The molecule has 8 heteroatoms. The highest BCUT2D eigenvalue weighted by Gasteiger charge is 2.52. The van der Waals surface area contributed by atoms with E-state index in [1.54, 1.807) is 49.4 Å². The first-order valence-electron chi connectivity index (χ1n) is 9.34. The van der Waals surface area contributed by atoms with Crippen molar-refractivity contribution in [2.45, 2.75) is 18.9 Å². The van der Waals surface area contributed by atoms with Gasteiger partial charge in [-0.2, -0.15) is 5.01 Å². The van der Waals surface area contributed by atoms with Crippen molar-refractivity contribution < 1.29 is 23.2 Å². The predicted molar refractivity (Wildman–Crippen MR) is 105 cm³/mol. The van der Waals surface area contributed by atoms with Crippen molar-refractivity contribution in [3.05, 3.63) is 83.9 Å². The Morgan fingerprint density at radius 3 is 2.47 bits per heavy atom. The molecule has 1 aromatic heterocycles. The molecule has 3 aromatic rings. The Labute approximate surface area is 171 Å². The van der Waals surface area contributed by atoms with E-state index in [0.717, 1.165) is 0 Å². The Kier molecular flexibility index (Phi) is 4.83. The number of carbonyl (C=O) groups is 3. The Hall–Kier alpha value is -3.94. The molecule has 1 aliphatic rings. The second kappa shape index (κ2) is 7.47. The van der Waals surface area contributed by atoms with Crippen LogP contribution in [0.2, 0.25) is 0 Å². The summed E-state index contributed by atoms with van der Waals surface area (Å²) in [5.74, 6) is -1.91. The van der Waals surface area contributed by atoms with Crippen LogP contribution in [0.4, 0.5) is 9.18 Å². The average Bonchev–Trinajstić information content (AvgIpc) is 3.34. The van der Waals surface area contributed by atoms with Crippen molar-refractivity contribution in [3.8, 4) is 11.3 Å². The number of benzene rings is 2. The first-order chi connectivity index (χ1) is 14.5. The normalized spacial score (nSPS) is 18.4. The van der Waals surface area contributed by atoms with E-state index >= 15 is 0 Å². The van der Waals surface area contributed by atoms with E-state index in [9.17, 15) is 18.8 Å². The first kappa shape index (κ1) is 19.4. The molecule has 4 amide bonds. The average molecular weight is 407 g/mol. The van der Waals surface area contributed by atoms with Crippen molar-refractivity contribution in [2.24, 2.45) is 0 Å². The van der Waals surface area contributed by atoms with Crippen molar-refractivity contribution in [1.29, 1.82) is 0 Å². The third-order valence-corrected chi connectivity index (χ3v) is 5.07. The van der Waals surface area contributed by atoms with Crippen LogP contribution < -0.4 is 10.7 Å². The highest BCUT2D eigenvalue weighted by Crippen LogP contribution is 2.32. The number of hydrogen-bond acceptors (Lipinski definition) is 4. The predicted octanol–water partition coefficient (Wildman–Crippen LogP) is 3.59. The molecule has 4 rings (SSSR count). The molecule has 1 aliphatic heterocycles. The fourth-order valence-electron chi connectivity index (χ4n) is 3.46. The fraction of sp³-hybridized carbons (Fsp3) is 0.136. The summed E-state index contributed by atoms with van der Waals surface area (Å²) in [7, 11) is 0. The second-order valence-corrected chi connectivity index (χ2v) is 6.78. The molecule has 2 aromatic carbocycles. The van der Waals surface area contributed by atoms with Crippen molar-refractivity contribution in [3.63, 3.8) is 0 Å². The molecule has 0 saturated carbocycles. The van der Waals surface area contributed by atoms with E-state index in [2.05, 4.69) is 10.7 Å². The number of halogens is 1. The molecular formula is C22H18FN3O4. The van der Waals surface area contributed by atoms with Crippen LogP contribution in [0, 0.1) is 5.82 Å². The van der Waals surface area contributed by atoms with Crippen molar-refractivity contribution >= 4 is 17.8 Å².